The highest BCUT2D eigenvalue weighted by Crippen LogP contribution is 2.53. The van der Waals surface area contributed by atoms with Crippen molar-refractivity contribution in [3.63, 3.8) is 0 Å². The smallest absolute Gasteiger partial charge is 0.138 e. The van der Waals surface area contributed by atoms with E-state index >= 15 is 0 Å². The zero-order valence-corrected chi connectivity index (χ0v) is 12.2. The van der Waals surface area contributed by atoms with Crippen LogP contribution in [0.1, 0.15) is 43.5 Å². The van der Waals surface area contributed by atoms with E-state index in [-0.39, 0.29) is 0 Å². The largest absolute Gasteiger partial charge is 0.506 e. The third kappa shape index (κ3) is 2.12. The number of aryl methyl sites for hydroxylation is 1. The topological polar surface area (TPSA) is 45.1 Å². The summed E-state index contributed by atoms with van der Waals surface area (Å²) in [6.45, 7) is 2.69. The molecule has 0 amide bonds. The maximum absolute atomic E-state index is 9.91. The maximum Gasteiger partial charge on any atom is 0.138 e. The molecule has 0 spiro atoms. The van der Waals surface area contributed by atoms with Crippen LogP contribution in [0.3, 0.4) is 0 Å². The summed E-state index contributed by atoms with van der Waals surface area (Å²) < 4.78 is 0. The Morgan fingerprint density at radius 2 is 1.75 bits per heavy atom. The lowest BCUT2D eigenvalue weighted by Crippen LogP contribution is -2.54. The van der Waals surface area contributed by atoms with Crippen LogP contribution in [0, 0.1) is 30.6 Å². The van der Waals surface area contributed by atoms with E-state index < -0.39 is 0 Å². The second kappa shape index (κ2) is 4.73. The van der Waals surface area contributed by atoms with E-state index in [9.17, 15) is 5.11 Å². The zero-order chi connectivity index (χ0) is 13.7. The molecule has 0 saturated heterocycles. The summed E-state index contributed by atoms with van der Waals surface area (Å²) in [5.74, 6) is 4.10. The van der Waals surface area contributed by atoms with Crippen LogP contribution in [0.15, 0.2) is 12.1 Å². The Hall–Kier alpha value is -1.09. The van der Waals surface area contributed by atoms with Crippen molar-refractivity contribution in [3.8, 4) is 5.75 Å². The summed E-state index contributed by atoms with van der Waals surface area (Å²) in [6, 6.07) is 4.28. The molecule has 1 aromatic rings. The van der Waals surface area contributed by atoms with Crippen LogP contribution in [0.4, 0.5) is 0 Å². The first-order chi connectivity index (χ1) is 9.69. The first-order valence-electron chi connectivity index (χ1n) is 8.08. The van der Waals surface area contributed by atoms with Gasteiger partial charge in [0.25, 0.3) is 0 Å². The summed E-state index contributed by atoms with van der Waals surface area (Å²) in [5, 5.41) is 13.6. The molecule has 4 bridgehead atoms. The van der Waals surface area contributed by atoms with Gasteiger partial charge in [0.15, 0.2) is 0 Å². The van der Waals surface area contributed by atoms with Crippen molar-refractivity contribution in [2.45, 2.75) is 51.6 Å². The maximum atomic E-state index is 9.91. The summed E-state index contributed by atoms with van der Waals surface area (Å²) >= 11 is 0. The molecule has 1 heterocycles. The molecule has 4 aliphatic carbocycles. The molecule has 3 nitrogen and oxygen atoms in total. The minimum absolute atomic E-state index is 0.326. The number of nitrogens with zero attached hydrogens (tertiary/aromatic N) is 1. The van der Waals surface area contributed by atoms with E-state index in [1.807, 2.05) is 13.0 Å². The number of aromatic nitrogens is 1. The number of pyridine rings is 1. The molecular weight excluding hydrogens is 248 g/mol. The average molecular weight is 272 g/mol. The monoisotopic (exact) mass is 272 g/mol. The number of nitrogens with one attached hydrogen (secondary N) is 1. The predicted octanol–water partition coefficient (Wildman–Crippen LogP) is 3.01. The zero-order valence-electron chi connectivity index (χ0n) is 12.2. The first kappa shape index (κ1) is 12.6. The molecule has 4 saturated carbocycles. The van der Waals surface area contributed by atoms with Gasteiger partial charge in [-0.05, 0) is 74.8 Å². The Bertz CT molecular complexity index is 486. The minimum atomic E-state index is 0.326. The number of hydrogen-bond acceptors (Lipinski definition) is 3. The van der Waals surface area contributed by atoms with E-state index in [0.29, 0.717) is 18.3 Å². The molecule has 0 aliphatic heterocycles. The molecular formula is C17H24N2O. The number of hydrogen-bond donors (Lipinski definition) is 2. The van der Waals surface area contributed by atoms with Crippen LogP contribution < -0.4 is 5.32 Å². The molecule has 0 unspecified atom stereocenters. The van der Waals surface area contributed by atoms with Crippen molar-refractivity contribution in [2.75, 3.05) is 0 Å². The van der Waals surface area contributed by atoms with Crippen LogP contribution in [-0.2, 0) is 6.54 Å². The van der Waals surface area contributed by atoms with Gasteiger partial charge in [-0.15, -0.1) is 0 Å². The van der Waals surface area contributed by atoms with Gasteiger partial charge in [0.1, 0.15) is 5.75 Å². The van der Waals surface area contributed by atoms with Crippen LogP contribution in [0.25, 0.3) is 0 Å². The molecule has 4 aliphatic rings. The Kier molecular flexibility index (Phi) is 2.99. The number of aromatic hydroxyl groups is 1. The van der Waals surface area contributed by atoms with Gasteiger partial charge in [0.05, 0.1) is 5.69 Å². The fourth-order valence-corrected chi connectivity index (χ4v) is 5.21. The predicted molar refractivity (Wildman–Crippen MR) is 78.3 cm³/mol. The third-order valence-electron chi connectivity index (χ3n) is 5.82. The second-order valence-electron chi connectivity index (χ2n) is 7.26. The molecule has 5 rings (SSSR count). The molecule has 20 heavy (non-hydrogen) atoms. The van der Waals surface area contributed by atoms with Gasteiger partial charge in [-0.3, -0.25) is 4.98 Å². The highest BCUT2D eigenvalue weighted by atomic mass is 16.3. The van der Waals surface area contributed by atoms with Gasteiger partial charge in [0, 0.05) is 18.3 Å². The van der Waals surface area contributed by atoms with Gasteiger partial charge in [-0.2, -0.15) is 0 Å². The Labute approximate surface area is 120 Å². The highest BCUT2D eigenvalue weighted by Gasteiger charge is 2.47. The van der Waals surface area contributed by atoms with Crippen molar-refractivity contribution in [1.29, 1.82) is 0 Å². The fraction of sp³-hybridized carbons (Fsp3) is 0.706. The van der Waals surface area contributed by atoms with Crippen molar-refractivity contribution in [1.82, 2.24) is 10.3 Å². The summed E-state index contributed by atoms with van der Waals surface area (Å²) in [6.07, 6.45) is 7.21. The van der Waals surface area contributed by atoms with Crippen molar-refractivity contribution in [2.24, 2.45) is 23.7 Å². The molecule has 0 atom stereocenters. The van der Waals surface area contributed by atoms with E-state index in [0.717, 1.165) is 35.1 Å². The molecule has 1 aromatic heterocycles. The Morgan fingerprint density at radius 3 is 2.40 bits per heavy atom. The molecule has 3 heteroatoms. The summed E-state index contributed by atoms with van der Waals surface area (Å²) in [7, 11) is 0. The van der Waals surface area contributed by atoms with Gasteiger partial charge in [-0.25, -0.2) is 0 Å². The molecule has 2 N–H and O–H groups in total. The van der Waals surface area contributed by atoms with E-state index in [1.165, 1.54) is 32.1 Å². The lowest BCUT2D eigenvalue weighted by Gasteiger charge is -2.54. The van der Waals surface area contributed by atoms with E-state index in [1.54, 1.807) is 6.07 Å². The molecule has 0 radical (unpaired) electrons. The minimum Gasteiger partial charge on any atom is -0.506 e. The Morgan fingerprint density at radius 1 is 1.10 bits per heavy atom. The fourth-order valence-electron chi connectivity index (χ4n) is 5.21. The van der Waals surface area contributed by atoms with Crippen molar-refractivity contribution >= 4 is 0 Å². The number of rotatable bonds is 3. The summed E-state index contributed by atoms with van der Waals surface area (Å²) in [4.78, 5) is 4.46. The van der Waals surface area contributed by atoms with Crippen molar-refractivity contribution in [3.05, 3.63) is 23.5 Å². The lowest BCUT2D eigenvalue weighted by atomic mass is 9.54. The van der Waals surface area contributed by atoms with Gasteiger partial charge >= 0.3 is 0 Å². The van der Waals surface area contributed by atoms with E-state index in [4.69, 9.17) is 0 Å². The van der Waals surface area contributed by atoms with Crippen molar-refractivity contribution < 1.29 is 5.11 Å². The molecule has 0 aromatic carbocycles. The molecule has 4 fully saturated rings. The summed E-state index contributed by atoms with van der Waals surface area (Å²) in [5.41, 5.74) is 1.78. The average Bonchev–Trinajstić information content (AvgIpc) is 2.41. The highest BCUT2D eigenvalue weighted by molar-refractivity contribution is 5.27. The lowest BCUT2D eigenvalue weighted by molar-refractivity contribution is -0.0144. The quantitative estimate of drug-likeness (QED) is 0.889. The Balaban J connectivity index is 1.46. The van der Waals surface area contributed by atoms with Crippen LogP contribution in [0.5, 0.6) is 5.75 Å². The van der Waals surface area contributed by atoms with Gasteiger partial charge in [-0.1, -0.05) is 0 Å². The third-order valence-corrected chi connectivity index (χ3v) is 5.82. The second-order valence-corrected chi connectivity index (χ2v) is 7.26. The van der Waals surface area contributed by atoms with Gasteiger partial charge in [0.2, 0.25) is 0 Å². The molecule has 108 valence electrons. The van der Waals surface area contributed by atoms with E-state index in [2.05, 4.69) is 10.3 Å². The SMILES string of the molecule is Cc1ccc(O)c(CNC2C3CC4CC(C3)CC2C4)n1. The first-order valence-corrected chi connectivity index (χ1v) is 8.08. The standard InChI is InChI=1S/C17H24N2O/c1-10-2-3-16(20)15(19-10)9-18-17-13-5-11-4-12(7-13)8-14(17)6-11/h2-3,11-14,17-18,20H,4-9H2,1H3. The van der Waals surface area contributed by atoms with Crippen LogP contribution in [0.2, 0.25) is 0 Å². The van der Waals surface area contributed by atoms with Crippen LogP contribution >= 0.6 is 0 Å². The normalized spacial score (nSPS) is 38.4. The van der Waals surface area contributed by atoms with Crippen LogP contribution in [-0.4, -0.2) is 16.1 Å². The van der Waals surface area contributed by atoms with Gasteiger partial charge < -0.3 is 10.4 Å².